The minimum atomic E-state index is -0.421. The van der Waals surface area contributed by atoms with Crippen LogP contribution in [-0.4, -0.2) is 11.8 Å². The van der Waals surface area contributed by atoms with Gasteiger partial charge in [0.05, 0.1) is 12.5 Å². The van der Waals surface area contributed by atoms with Gasteiger partial charge in [-0.15, -0.1) is 0 Å². The van der Waals surface area contributed by atoms with Crippen molar-refractivity contribution in [3.8, 4) is 0 Å². The third-order valence-electron chi connectivity index (χ3n) is 4.87. The van der Waals surface area contributed by atoms with E-state index in [4.69, 9.17) is 0 Å². The summed E-state index contributed by atoms with van der Waals surface area (Å²) >= 11 is 0. The van der Waals surface area contributed by atoms with Crippen LogP contribution in [0.1, 0.15) is 45.1 Å². The first-order valence-corrected chi connectivity index (χ1v) is 9.72. The fourth-order valence-electron chi connectivity index (χ4n) is 3.52. The molecule has 2 N–H and O–H groups in total. The summed E-state index contributed by atoms with van der Waals surface area (Å²) in [6.45, 7) is 6.01. The first-order chi connectivity index (χ1) is 13.9. The van der Waals surface area contributed by atoms with Gasteiger partial charge >= 0.3 is 0 Å². The van der Waals surface area contributed by atoms with E-state index in [1.165, 1.54) is 0 Å². The quantitative estimate of drug-likeness (QED) is 0.618. The van der Waals surface area contributed by atoms with Gasteiger partial charge in [0.25, 0.3) is 5.91 Å². The molecule has 0 fully saturated rings. The molecule has 0 saturated heterocycles. The van der Waals surface area contributed by atoms with Gasteiger partial charge in [0.2, 0.25) is 5.91 Å². The molecule has 148 valence electrons. The summed E-state index contributed by atoms with van der Waals surface area (Å²) in [6, 6.07) is 22.3. The van der Waals surface area contributed by atoms with Crippen molar-refractivity contribution in [1.29, 1.82) is 0 Å². The number of hydrogen-bond donors (Lipinski definition) is 2. The second-order valence-electron chi connectivity index (χ2n) is 7.33. The van der Waals surface area contributed by atoms with Crippen molar-refractivity contribution in [1.82, 2.24) is 5.32 Å². The molecule has 3 aromatic carbocycles. The molecule has 1 atom stereocenters. The maximum absolute atomic E-state index is 12.8. The fraction of sp³-hybridized carbons (Fsp3) is 0.200. The second-order valence-corrected chi connectivity index (χ2v) is 7.33. The highest BCUT2D eigenvalue weighted by molar-refractivity contribution is 5.96. The van der Waals surface area contributed by atoms with Gasteiger partial charge in [0.15, 0.2) is 0 Å². The lowest BCUT2D eigenvalue weighted by molar-refractivity contribution is -0.116. The summed E-state index contributed by atoms with van der Waals surface area (Å²) in [7, 11) is 0. The smallest absolute Gasteiger partial charge is 0.251 e. The predicted molar refractivity (Wildman–Crippen MR) is 117 cm³/mol. The lowest BCUT2D eigenvalue weighted by Crippen LogP contribution is -2.31. The molecule has 0 spiro atoms. The molecule has 0 aliphatic carbocycles. The Morgan fingerprint density at radius 1 is 0.828 bits per heavy atom. The van der Waals surface area contributed by atoms with Crippen LogP contribution in [0.5, 0.6) is 0 Å². The monoisotopic (exact) mass is 386 g/mol. The maximum atomic E-state index is 12.8. The van der Waals surface area contributed by atoms with Gasteiger partial charge in [-0.1, -0.05) is 66.2 Å². The van der Waals surface area contributed by atoms with E-state index in [0.717, 1.165) is 27.9 Å². The molecule has 29 heavy (non-hydrogen) atoms. The van der Waals surface area contributed by atoms with E-state index in [0.29, 0.717) is 5.56 Å². The molecular formula is C25H26N2O2. The molecule has 0 radical (unpaired) electrons. The topological polar surface area (TPSA) is 58.2 Å². The van der Waals surface area contributed by atoms with Gasteiger partial charge in [-0.25, -0.2) is 0 Å². The lowest BCUT2D eigenvalue weighted by Gasteiger charge is -2.20. The molecule has 0 aliphatic rings. The highest BCUT2D eigenvalue weighted by atomic mass is 16.2. The average Bonchev–Trinajstić information content (AvgIpc) is 2.71. The highest BCUT2D eigenvalue weighted by Crippen LogP contribution is 2.24. The van der Waals surface area contributed by atoms with Crippen LogP contribution in [0.15, 0.2) is 72.8 Å². The van der Waals surface area contributed by atoms with Crippen molar-refractivity contribution in [2.45, 2.75) is 33.2 Å². The first kappa shape index (κ1) is 20.3. The Labute approximate surface area is 172 Å². The molecule has 0 aromatic heterocycles. The van der Waals surface area contributed by atoms with Crippen LogP contribution < -0.4 is 10.6 Å². The summed E-state index contributed by atoms with van der Waals surface area (Å²) in [5.74, 6) is -0.336. The van der Waals surface area contributed by atoms with Crippen LogP contribution in [-0.2, 0) is 4.79 Å². The number of rotatable bonds is 6. The van der Waals surface area contributed by atoms with Crippen LogP contribution >= 0.6 is 0 Å². The summed E-state index contributed by atoms with van der Waals surface area (Å²) in [5, 5.41) is 6.03. The second kappa shape index (κ2) is 9.20. The van der Waals surface area contributed by atoms with E-state index in [9.17, 15) is 9.59 Å². The van der Waals surface area contributed by atoms with Crippen LogP contribution in [0, 0.1) is 20.8 Å². The van der Waals surface area contributed by atoms with Gasteiger partial charge in [-0.3, -0.25) is 9.59 Å². The molecule has 4 heteroatoms. The Hall–Kier alpha value is -3.40. The predicted octanol–water partition coefficient (Wildman–Crippen LogP) is 5.11. The molecule has 3 aromatic rings. The molecule has 0 saturated carbocycles. The molecule has 0 bridgehead atoms. The van der Waals surface area contributed by atoms with Crippen molar-refractivity contribution in [3.05, 3.63) is 101 Å². The normalized spacial score (nSPS) is 11.6. The number of aryl methyl sites for hydroxylation is 3. The van der Waals surface area contributed by atoms with Crippen molar-refractivity contribution in [2.75, 3.05) is 5.32 Å². The van der Waals surface area contributed by atoms with Gasteiger partial charge in [-0.05, 0) is 49.6 Å². The Balaban J connectivity index is 1.78. The largest absolute Gasteiger partial charge is 0.345 e. The van der Waals surface area contributed by atoms with E-state index in [1.54, 1.807) is 12.1 Å². The summed E-state index contributed by atoms with van der Waals surface area (Å²) < 4.78 is 0. The average molecular weight is 386 g/mol. The van der Waals surface area contributed by atoms with E-state index in [2.05, 4.69) is 22.8 Å². The fourth-order valence-corrected chi connectivity index (χ4v) is 3.52. The van der Waals surface area contributed by atoms with Crippen LogP contribution in [0.4, 0.5) is 5.69 Å². The van der Waals surface area contributed by atoms with E-state index in [-0.39, 0.29) is 18.2 Å². The first-order valence-electron chi connectivity index (χ1n) is 9.72. The zero-order valence-electron chi connectivity index (χ0n) is 17.0. The van der Waals surface area contributed by atoms with Crippen LogP contribution in [0.25, 0.3) is 0 Å². The zero-order valence-corrected chi connectivity index (χ0v) is 17.0. The molecule has 0 heterocycles. The number of amides is 2. The van der Waals surface area contributed by atoms with Crippen LogP contribution in [0.3, 0.4) is 0 Å². The highest BCUT2D eigenvalue weighted by Gasteiger charge is 2.20. The summed E-state index contributed by atoms with van der Waals surface area (Å²) in [4.78, 5) is 25.5. The molecular weight excluding hydrogens is 360 g/mol. The molecule has 0 aliphatic heterocycles. The van der Waals surface area contributed by atoms with E-state index < -0.39 is 6.04 Å². The number of hydrogen-bond acceptors (Lipinski definition) is 2. The zero-order chi connectivity index (χ0) is 20.8. The summed E-state index contributed by atoms with van der Waals surface area (Å²) in [5.41, 5.74) is 5.52. The third-order valence-corrected chi connectivity index (χ3v) is 4.87. The molecule has 3 rings (SSSR count). The minimum absolute atomic E-state index is 0.137. The number of nitrogens with one attached hydrogen (secondary N) is 2. The molecule has 2 amide bonds. The number of benzene rings is 3. The van der Waals surface area contributed by atoms with Crippen molar-refractivity contribution < 1.29 is 9.59 Å². The number of carbonyl (C=O) groups is 2. The third kappa shape index (κ3) is 5.32. The van der Waals surface area contributed by atoms with Crippen molar-refractivity contribution in [3.63, 3.8) is 0 Å². The summed E-state index contributed by atoms with van der Waals surface area (Å²) in [6.07, 6.45) is 0.148. The van der Waals surface area contributed by atoms with Gasteiger partial charge in [0.1, 0.15) is 0 Å². The van der Waals surface area contributed by atoms with Gasteiger partial charge < -0.3 is 10.6 Å². The number of anilines is 1. The molecule has 4 nitrogen and oxygen atoms in total. The maximum Gasteiger partial charge on any atom is 0.251 e. The number of carbonyl (C=O) groups excluding carboxylic acids is 2. The SMILES string of the molecule is Cc1cc(C)c(NC(=O)CC(NC(=O)c2ccccc2)c2ccccc2)c(C)c1. The Morgan fingerprint density at radius 2 is 1.38 bits per heavy atom. The Bertz CT molecular complexity index is 975. The Kier molecular flexibility index (Phi) is 6.45. The van der Waals surface area contributed by atoms with Gasteiger partial charge in [0, 0.05) is 11.3 Å². The standard InChI is InChI=1S/C25H26N2O2/c1-17-14-18(2)24(19(3)15-17)27-23(28)16-22(20-10-6-4-7-11-20)26-25(29)21-12-8-5-9-13-21/h4-15,22H,16H2,1-3H3,(H,26,29)(H,27,28). The Morgan fingerprint density at radius 3 is 1.97 bits per heavy atom. The molecule has 1 unspecified atom stereocenters. The minimum Gasteiger partial charge on any atom is -0.345 e. The lowest BCUT2D eigenvalue weighted by atomic mass is 10.0. The van der Waals surface area contributed by atoms with Crippen molar-refractivity contribution >= 4 is 17.5 Å². The van der Waals surface area contributed by atoms with Crippen LogP contribution in [0.2, 0.25) is 0 Å². The van der Waals surface area contributed by atoms with E-state index in [1.807, 2.05) is 69.3 Å². The van der Waals surface area contributed by atoms with E-state index >= 15 is 0 Å². The van der Waals surface area contributed by atoms with Gasteiger partial charge in [-0.2, -0.15) is 0 Å². The van der Waals surface area contributed by atoms with Crippen molar-refractivity contribution in [2.24, 2.45) is 0 Å².